The average Bonchev–Trinajstić information content (AvgIpc) is 2.39. The van der Waals surface area contributed by atoms with Gasteiger partial charge in [0.2, 0.25) is 0 Å². The fraction of sp³-hybridized carbons (Fsp3) is 0.143. The van der Waals surface area contributed by atoms with Crippen molar-refractivity contribution in [1.82, 2.24) is 0 Å². The Bertz CT molecular complexity index is 643. The van der Waals surface area contributed by atoms with Gasteiger partial charge in [-0.15, -0.1) is 13.2 Å². The third-order valence-corrected chi connectivity index (χ3v) is 3.27. The number of aliphatic hydroxyl groups excluding tert-OH is 1. The molecule has 2 aromatic carbocycles. The van der Waals surface area contributed by atoms with Gasteiger partial charge in [-0.25, -0.2) is 4.39 Å². The number of hydrogen-bond acceptors (Lipinski definition) is 2. The van der Waals surface area contributed by atoms with Crippen molar-refractivity contribution in [3.05, 3.63) is 63.9 Å². The highest BCUT2D eigenvalue weighted by molar-refractivity contribution is 9.10. The molecule has 1 N–H and O–H groups in total. The molecule has 7 heteroatoms. The van der Waals surface area contributed by atoms with Crippen LogP contribution in [0.3, 0.4) is 0 Å². The molecule has 0 aliphatic rings. The van der Waals surface area contributed by atoms with Crippen molar-refractivity contribution >= 4 is 15.9 Å². The van der Waals surface area contributed by atoms with Gasteiger partial charge in [-0.1, -0.05) is 18.2 Å². The third-order valence-electron chi connectivity index (χ3n) is 2.67. The lowest BCUT2D eigenvalue weighted by molar-refractivity contribution is -0.274. The molecule has 0 bridgehead atoms. The quantitative estimate of drug-likeness (QED) is 0.808. The van der Waals surface area contributed by atoms with Crippen molar-refractivity contribution < 1.29 is 27.4 Å². The second-order valence-corrected chi connectivity index (χ2v) is 5.05. The van der Waals surface area contributed by atoms with Crippen molar-refractivity contribution in [2.45, 2.75) is 12.5 Å². The van der Waals surface area contributed by atoms with Gasteiger partial charge in [-0.3, -0.25) is 0 Å². The van der Waals surface area contributed by atoms with Crippen LogP contribution < -0.4 is 4.74 Å². The maximum Gasteiger partial charge on any atom is 0.573 e. The molecule has 0 saturated carbocycles. The van der Waals surface area contributed by atoms with E-state index in [0.29, 0.717) is 5.56 Å². The number of aliphatic hydroxyl groups is 1. The highest BCUT2D eigenvalue weighted by atomic mass is 79.9. The molecule has 0 spiro atoms. The second kappa shape index (κ2) is 6.03. The Morgan fingerprint density at radius 2 is 1.71 bits per heavy atom. The summed E-state index contributed by atoms with van der Waals surface area (Å²) in [7, 11) is 0. The van der Waals surface area contributed by atoms with Crippen LogP contribution in [0.25, 0.3) is 0 Å². The fourth-order valence-electron chi connectivity index (χ4n) is 1.76. The Balaban J connectivity index is 2.28. The first-order valence-corrected chi connectivity index (χ1v) is 6.54. The fourth-order valence-corrected chi connectivity index (χ4v) is 2.15. The molecule has 0 heterocycles. The van der Waals surface area contributed by atoms with Crippen molar-refractivity contribution in [2.75, 3.05) is 0 Å². The van der Waals surface area contributed by atoms with Gasteiger partial charge < -0.3 is 9.84 Å². The smallest absolute Gasteiger partial charge is 0.406 e. The van der Waals surface area contributed by atoms with Gasteiger partial charge in [0.05, 0.1) is 4.47 Å². The Morgan fingerprint density at radius 1 is 1.05 bits per heavy atom. The number of alkyl halides is 3. The van der Waals surface area contributed by atoms with Crippen molar-refractivity contribution in [2.24, 2.45) is 0 Å². The number of benzene rings is 2. The molecule has 2 aromatic rings. The minimum Gasteiger partial charge on any atom is -0.406 e. The monoisotopic (exact) mass is 364 g/mol. The van der Waals surface area contributed by atoms with Gasteiger partial charge in [-0.05, 0) is 51.3 Å². The van der Waals surface area contributed by atoms with Crippen molar-refractivity contribution in [3.8, 4) is 5.75 Å². The minimum absolute atomic E-state index is 0.154. The van der Waals surface area contributed by atoms with Gasteiger partial charge in [0.25, 0.3) is 0 Å². The lowest BCUT2D eigenvalue weighted by Gasteiger charge is -2.14. The lowest BCUT2D eigenvalue weighted by Crippen LogP contribution is -2.17. The second-order valence-electron chi connectivity index (χ2n) is 4.20. The van der Waals surface area contributed by atoms with E-state index in [4.69, 9.17) is 0 Å². The van der Waals surface area contributed by atoms with Gasteiger partial charge in [0.1, 0.15) is 17.7 Å². The molecule has 0 radical (unpaired) electrons. The third kappa shape index (κ3) is 4.18. The summed E-state index contributed by atoms with van der Waals surface area (Å²) >= 11 is 2.98. The van der Waals surface area contributed by atoms with Crippen molar-refractivity contribution in [3.63, 3.8) is 0 Å². The van der Waals surface area contributed by atoms with E-state index in [9.17, 15) is 22.7 Å². The SMILES string of the molecule is OC(c1cccc(OC(F)(F)F)c1)c1ccc(F)c(Br)c1. The summed E-state index contributed by atoms with van der Waals surface area (Å²) in [5.41, 5.74) is 0.544. The standard InChI is InChI=1S/C14H9BrF4O2/c15-11-7-9(4-5-12(11)16)13(20)8-2-1-3-10(6-8)21-14(17,18)19/h1-7,13,20H. The molecule has 2 rings (SSSR count). The van der Waals surface area contributed by atoms with E-state index in [1.807, 2.05) is 0 Å². The van der Waals surface area contributed by atoms with Crippen LogP contribution >= 0.6 is 15.9 Å². The van der Waals surface area contributed by atoms with Gasteiger partial charge in [0, 0.05) is 0 Å². The highest BCUT2D eigenvalue weighted by Crippen LogP contribution is 2.30. The molecule has 0 amide bonds. The van der Waals surface area contributed by atoms with Crippen LogP contribution in [0.15, 0.2) is 46.9 Å². The van der Waals surface area contributed by atoms with Crippen LogP contribution in [0.2, 0.25) is 0 Å². The van der Waals surface area contributed by atoms with Gasteiger partial charge in [0.15, 0.2) is 0 Å². The number of rotatable bonds is 3. The van der Waals surface area contributed by atoms with Crippen LogP contribution in [0.5, 0.6) is 5.75 Å². The zero-order valence-electron chi connectivity index (χ0n) is 10.4. The van der Waals surface area contributed by atoms with E-state index in [0.717, 1.165) is 18.2 Å². The number of hydrogen-bond donors (Lipinski definition) is 1. The van der Waals surface area contributed by atoms with E-state index < -0.39 is 24.0 Å². The summed E-state index contributed by atoms with van der Waals surface area (Å²) in [5.74, 6) is -0.930. The summed E-state index contributed by atoms with van der Waals surface area (Å²) in [6.45, 7) is 0. The van der Waals surface area contributed by atoms with Gasteiger partial charge in [-0.2, -0.15) is 0 Å². The Kier molecular flexibility index (Phi) is 4.53. The number of ether oxygens (including phenoxy) is 1. The van der Waals surface area contributed by atoms with Crippen LogP contribution in [-0.2, 0) is 0 Å². The zero-order chi connectivity index (χ0) is 15.6. The summed E-state index contributed by atoms with van der Waals surface area (Å²) in [6.07, 6.45) is -6.00. The molecule has 21 heavy (non-hydrogen) atoms. The Labute approximate surface area is 126 Å². The van der Waals surface area contributed by atoms with Crippen LogP contribution in [0.4, 0.5) is 17.6 Å². The lowest BCUT2D eigenvalue weighted by atomic mass is 10.0. The first-order chi connectivity index (χ1) is 9.76. The Morgan fingerprint density at radius 3 is 2.33 bits per heavy atom. The van der Waals surface area contributed by atoms with Crippen LogP contribution in [0, 0.1) is 5.82 Å². The van der Waals surface area contributed by atoms with E-state index in [1.54, 1.807) is 0 Å². The molecule has 0 aliphatic carbocycles. The zero-order valence-corrected chi connectivity index (χ0v) is 12.0. The topological polar surface area (TPSA) is 29.5 Å². The van der Waals surface area contributed by atoms with Crippen molar-refractivity contribution in [1.29, 1.82) is 0 Å². The van der Waals surface area contributed by atoms with Crippen LogP contribution in [0.1, 0.15) is 17.2 Å². The maximum absolute atomic E-state index is 13.1. The van der Waals surface area contributed by atoms with E-state index in [-0.39, 0.29) is 10.0 Å². The first-order valence-electron chi connectivity index (χ1n) is 5.75. The molecule has 0 aliphatic heterocycles. The van der Waals surface area contributed by atoms with Crippen LogP contribution in [-0.4, -0.2) is 11.5 Å². The largest absolute Gasteiger partial charge is 0.573 e. The predicted octanol–water partition coefficient (Wildman–Crippen LogP) is 4.57. The highest BCUT2D eigenvalue weighted by Gasteiger charge is 2.31. The molecule has 2 nitrogen and oxygen atoms in total. The normalized spacial score (nSPS) is 13.0. The molecular weight excluding hydrogens is 356 g/mol. The molecule has 112 valence electrons. The summed E-state index contributed by atoms with van der Waals surface area (Å²) in [5, 5.41) is 10.1. The average molecular weight is 365 g/mol. The first kappa shape index (κ1) is 15.8. The summed E-state index contributed by atoms with van der Waals surface area (Å²) in [4.78, 5) is 0. The molecule has 0 saturated heterocycles. The molecule has 1 unspecified atom stereocenters. The number of halogens is 5. The maximum atomic E-state index is 13.1. The molecule has 0 aromatic heterocycles. The van der Waals surface area contributed by atoms with E-state index >= 15 is 0 Å². The summed E-state index contributed by atoms with van der Waals surface area (Å²) in [6, 6.07) is 8.85. The minimum atomic E-state index is -4.80. The van der Waals surface area contributed by atoms with E-state index in [1.165, 1.54) is 24.3 Å². The summed E-state index contributed by atoms with van der Waals surface area (Å²) < 4.78 is 53.6. The van der Waals surface area contributed by atoms with E-state index in [2.05, 4.69) is 20.7 Å². The Hall–Kier alpha value is -1.60. The molecule has 0 fully saturated rings. The molecular formula is C14H9BrF4O2. The predicted molar refractivity (Wildman–Crippen MR) is 71.3 cm³/mol. The van der Waals surface area contributed by atoms with Gasteiger partial charge >= 0.3 is 6.36 Å². The molecule has 1 atom stereocenters.